The van der Waals surface area contributed by atoms with Crippen molar-refractivity contribution < 1.29 is 19.8 Å². The van der Waals surface area contributed by atoms with E-state index in [0.717, 1.165) is 11.1 Å². The zero-order valence-corrected chi connectivity index (χ0v) is 11.0. The lowest BCUT2D eigenvalue weighted by atomic mass is 10.0. The van der Waals surface area contributed by atoms with E-state index < -0.39 is 11.8 Å². The van der Waals surface area contributed by atoms with Crippen LogP contribution in [-0.2, 0) is 16.0 Å². The second-order valence-corrected chi connectivity index (χ2v) is 4.51. The summed E-state index contributed by atoms with van der Waals surface area (Å²) in [4.78, 5) is 24.4. The Morgan fingerprint density at radius 1 is 1.14 bits per heavy atom. The lowest BCUT2D eigenvalue weighted by Gasteiger charge is -2.04. The van der Waals surface area contributed by atoms with E-state index >= 15 is 0 Å². The van der Waals surface area contributed by atoms with Crippen molar-refractivity contribution in [1.82, 2.24) is 4.98 Å². The maximum absolute atomic E-state index is 11.1. The molecule has 0 aliphatic carbocycles. The normalized spacial score (nSPS) is 11.3. The summed E-state index contributed by atoms with van der Waals surface area (Å²) in [6, 6.07) is 7.25. The third-order valence-electron chi connectivity index (χ3n) is 2.96. The van der Waals surface area contributed by atoms with Gasteiger partial charge in [-0.15, -0.1) is 0 Å². The van der Waals surface area contributed by atoms with Crippen LogP contribution in [0.1, 0.15) is 16.7 Å². The molecule has 0 atom stereocenters. The van der Waals surface area contributed by atoms with Gasteiger partial charge in [0.05, 0.1) is 0 Å². The van der Waals surface area contributed by atoms with Gasteiger partial charge in [0.1, 0.15) is 5.76 Å². The Labute approximate surface area is 120 Å². The molecule has 0 saturated heterocycles. The minimum Gasteiger partial charge on any atom is -0.507 e. The predicted octanol–water partition coefficient (Wildman–Crippen LogP) is 1.74. The van der Waals surface area contributed by atoms with Crippen LogP contribution in [0.4, 0.5) is 5.69 Å². The monoisotopic (exact) mass is 286 g/mol. The van der Waals surface area contributed by atoms with E-state index in [2.05, 4.69) is 4.98 Å². The summed E-state index contributed by atoms with van der Waals surface area (Å²) in [5.74, 6) is -3.17. The molecule has 6 heteroatoms. The summed E-state index contributed by atoms with van der Waals surface area (Å²) in [6.07, 6.45) is 4.39. The fourth-order valence-corrected chi connectivity index (χ4v) is 1.90. The van der Waals surface area contributed by atoms with Crippen molar-refractivity contribution in [2.75, 3.05) is 5.73 Å². The van der Waals surface area contributed by atoms with Crippen molar-refractivity contribution in [3.05, 3.63) is 59.4 Å². The number of nitrogens with two attached hydrogens (primary N) is 1. The van der Waals surface area contributed by atoms with Crippen molar-refractivity contribution in [2.24, 2.45) is 0 Å². The molecule has 1 heterocycles. The van der Waals surface area contributed by atoms with Crippen LogP contribution in [0.5, 0.6) is 0 Å². The van der Waals surface area contributed by atoms with E-state index in [9.17, 15) is 14.7 Å². The molecule has 2 rings (SSSR count). The molecule has 0 aliphatic rings. The molecular weight excluding hydrogens is 272 g/mol. The number of carbonyl (C=O) groups excluding carboxylic acids is 1. The van der Waals surface area contributed by atoms with E-state index in [-0.39, 0.29) is 5.76 Å². The number of carboxylic acid groups (broad SMARTS) is 1. The maximum atomic E-state index is 11.1. The fourth-order valence-electron chi connectivity index (χ4n) is 1.90. The number of carbonyl (C=O) groups is 2. The molecule has 1 aromatic carbocycles. The van der Waals surface area contributed by atoms with Gasteiger partial charge in [0.15, 0.2) is 0 Å². The predicted molar refractivity (Wildman–Crippen MR) is 77.7 cm³/mol. The Kier molecular flexibility index (Phi) is 4.08. The van der Waals surface area contributed by atoms with Crippen LogP contribution in [0.2, 0.25) is 0 Å². The summed E-state index contributed by atoms with van der Waals surface area (Å²) >= 11 is 0. The highest BCUT2D eigenvalue weighted by Gasteiger charge is 2.14. The number of hydrogen-bond acceptors (Lipinski definition) is 4. The van der Waals surface area contributed by atoms with E-state index in [0.29, 0.717) is 23.7 Å². The van der Waals surface area contributed by atoms with Gasteiger partial charge in [-0.3, -0.25) is 4.79 Å². The number of aliphatic hydroxyl groups excluding tert-OH is 1. The summed E-state index contributed by atoms with van der Waals surface area (Å²) < 4.78 is 0. The number of aliphatic hydroxyl groups is 1. The van der Waals surface area contributed by atoms with Gasteiger partial charge in [0.25, 0.3) is 5.78 Å². The Balaban J connectivity index is 2.24. The van der Waals surface area contributed by atoms with Crippen molar-refractivity contribution >= 4 is 23.2 Å². The Morgan fingerprint density at radius 2 is 1.81 bits per heavy atom. The molecule has 0 unspecified atom stereocenters. The Morgan fingerprint density at radius 3 is 2.43 bits per heavy atom. The standard InChI is InChI=1S/C15H14N2O4/c16-11-3-1-9(2-4-11)5-10-7-17-8-12(10)13(18)6-14(19)15(20)21/h1-4,6-8,17-18H,5,16H2,(H,20,21). The average molecular weight is 286 g/mol. The van der Waals surface area contributed by atoms with E-state index in [4.69, 9.17) is 10.8 Å². The number of carboxylic acids is 1. The zero-order chi connectivity index (χ0) is 15.4. The number of aromatic nitrogens is 1. The minimum absolute atomic E-state index is 0.380. The molecule has 0 amide bonds. The third-order valence-corrected chi connectivity index (χ3v) is 2.96. The molecule has 5 N–H and O–H groups in total. The van der Waals surface area contributed by atoms with Crippen LogP contribution in [0, 0.1) is 0 Å². The molecule has 0 spiro atoms. The minimum atomic E-state index is -1.61. The van der Waals surface area contributed by atoms with Gasteiger partial charge >= 0.3 is 5.97 Å². The van der Waals surface area contributed by atoms with Crippen LogP contribution in [-0.4, -0.2) is 26.9 Å². The lowest BCUT2D eigenvalue weighted by molar-refractivity contribution is -0.146. The van der Waals surface area contributed by atoms with E-state index in [1.807, 2.05) is 12.1 Å². The number of nitrogens with one attached hydrogen (secondary N) is 1. The number of H-pyrrole nitrogens is 1. The summed E-state index contributed by atoms with van der Waals surface area (Å²) in [5.41, 5.74) is 8.38. The molecular formula is C15H14N2O4. The molecule has 108 valence electrons. The second-order valence-electron chi connectivity index (χ2n) is 4.51. The molecule has 0 radical (unpaired) electrons. The van der Waals surface area contributed by atoms with Crippen LogP contribution in [0.3, 0.4) is 0 Å². The van der Waals surface area contributed by atoms with Crippen LogP contribution < -0.4 is 5.73 Å². The molecule has 21 heavy (non-hydrogen) atoms. The first kappa shape index (κ1) is 14.4. The molecule has 6 nitrogen and oxygen atoms in total. The molecule has 0 aliphatic heterocycles. The molecule has 1 aromatic heterocycles. The summed E-state index contributed by atoms with van der Waals surface area (Å²) in [7, 11) is 0. The molecule has 2 aromatic rings. The number of ketones is 1. The topological polar surface area (TPSA) is 116 Å². The quantitative estimate of drug-likeness (QED) is 0.289. The molecule has 0 saturated carbocycles. The second kappa shape index (κ2) is 5.96. The largest absolute Gasteiger partial charge is 0.507 e. The smallest absolute Gasteiger partial charge is 0.376 e. The lowest BCUT2D eigenvalue weighted by Crippen LogP contribution is -2.09. The highest BCUT2D eigenvalue weighted by Crippen LogP contribution is 2.20. The number of aliphatic carboxylic acids is 1. The number of anilines is 1. The molecule has 0 bridgehead atoms. The first-order chi connectivity index (χ1) is 9.97. The highest BCUT2D eigenvalue weighted by molar-refractivity contribution is 6.38. The van der Waals surface area contributed by atoms with E-state index in [1.54, 1.807) is 18.3 Å². The fraction of sp³-hybridized carbons (Fsp3) is 0.0667. The van der Waals surface area contributed by atoms with Gasteiger partial charge in [-0.05, 0) is 29.7 Å². The van der Waals surface area contributed by atoms with Gasteiger partial charge in [-0.25, -0.2) is 4.79 Å². The maximum Gasteiger partial charge on any atom is 0.376 e. The van der Waals surface area contributed by atoms with Gasteiger partial charge in [0.2, 0.25) is 0 Å². The van der Waals surface area contributed by atoms with Gasteiger partial charge in [0, 0.05) is 29.7 Å². The summed E-state index contributed by atoms with van der Waals surface area (Å²) in [6.45, 7) is 0. The Bertz CT molecular complexity index is 699. The van der Waals surface area contributed by atoms with Crippen molar-refractivity contribution in [3.63, 3.8) is 0 Å². The molecule has 0 fully saturated rings. The van der Waals surface area contributed by atoms with Gasteiger partial charge < -0.3 is 20.9 Å². The van der Waals surface area contributed by atoms with Gasteiger partial charge in [-0.2, -0.15) is 0 Å². The van der Waals surface area contributed by atoms with Crippen LogP contribution in [0.15, 0.2) is 42.7 Å². The number of nitrogen functional groups attached to an aromatic ring is 1. The number of rotatable bonds is 5. The Hall–Kier alpha value is -3.02. The number of benzene rings is 1. The zero-order valence-electron chi connectivity index (χ0n) is 11.0. The van der Waals surface area contributed by atoms with Gasteiger partial charge in [-0.1, -0.05) is 12.1 Å². The first-order valence-electron chi connectivity index (χ1n) is 6.15. The number of aromatic amines is 1. The van der Waals surface area contributed by atoms with Crippen molar-refractivity contribution in [2.45, 2.75) is 6.42 Å². The van der Waals surface area contributed by atoms with Crippen LogP contribution >= 0.6 is 0 Å². The SMILES string of the molecule is Nc1ccc(Cc2c[nH]cc2C(O)=CC(=O)C(=O)O)cc1. The number of hydrogen-bond donors (Lipinski definition) is 4. The highest BCUT2D eigenvalue weighted by atomic mass is 16.4. The van der Waals surface area contributed by atoms with Crippen molar-refractivity contribution in [1.29, 1.82) is 0 Å². The summed E-state index contributed by atoms with van der Waals surface area (Å²) in [5, 5.41) is 18.4. The van der Waals surface area contributed by atoms with Crippen molar-refractivity contribution in [3.8, 4) is 0 Å². The average Bonchev–Trinajstić information content (AvgIpc) is 2.89. The van der Waals surface area contributed by atoms with E-state index in [1.165, 1.54) is 6.20 Å². The van der Waals surface area contributed by atoms with Crippen LogP contribution in [0.25, 0.3) is 5.76 Å². The first-order valence-corrected chi connectivity index (χ1v) is 6.15. The third kappa shape index (κ3) is 3.50.